The zero-order valence-corrected chi connectivity index (χ0v) is 15.0. The lowest BCUT2D eigenvalue weighted by Crippen LogP contribution is -2.51. The monoisotopic (exact) mass is 364 g/mol. The van der Waals surface area contributed by atoms with E-state index in [0.29, 0.717) is 48.8 Å². The molecule has 0 spiro atoms. The highest BCUT2D eigenvalue weighted by Gasteiger charge is 2.52. The number of hydrogen-bond donors (Lipinski definition) is 5. The highest BCUT2D eigenvalue weighted by atomic mass is 19.1. The molecule has 2 aliphatic rings. The van der Waals surface area contributed by atoms with Gasteiger partial charge in [-0.05, 0) is 74.6 Å². The van der Waals surface area contributed by atoms with Gasteiger partial charge in [0.25, 0.3) is 0 Å². The number of carboxylic acids is 1. The van der Waals surface area contributed by atoms with Gasteiger partial charge >= 0.3 is 13.1 Å². The van der Waals surface area contributed by atoms with Crippen molar-refractivity contribution in [2.75, 3.05) is 7.05 Å². The number of nitrogens with two attached hydrogens (primary N) is 1. The summed E-state index contributed by atoms with van der Waals surface area (Å²) >= 11 is 0. The zero-order chi connectivity index (χ0) is 19.1. The second kappa shape index (κ2) is 6.92. The van der Waals surface area contributed by atoms with Crippen LogP contribution in [0, 0.1) is 11.7 Å². The third kappa shape index (κ3) is 2.95. The maximum atomic E-state index is 14.7. The number of aliphatic carboxylic acids is 1. The van der Waals surface area contributed by atoms with E-state index in [9.17, 15) is 14.3 Å². The number of likely N-dealkylation sites (N-methyl/N-ethyl adjacent to an activating group) is 1. The van der Waals surface area contributed by atoms with Crippen molar-refractivity contribution < 1.29 is 24.3 Å². The lowest BCUT2D eigenvalue weighted by atomic mass is 9.71. The SMILES string of the molecule is CN[C@@]1(C(=O)O)c2cc(C3(N)CCC3)c(F)cc2CC1CCCB(O)O. The Morgan fingerprint density at radius 2 is 2.08 bits per heavy atom. The molecule has 142 valence electrons. The Bertz CT molecular complexity index is 711. The van der Waals surface area contributed by atoms with Crippen LogP contribution in [0.2, 0.25) is 6.32 Å². The van der Waals surface area contributed by atoms with E-state index in [4.69, 9.17) is 15.8 Å². The minimum absolute atomic E-state index is 0.178. The fourth-order valence-electron chi connectivity index (χ4n) is 4.60. The summed E-state index contributed by atoms with van der Waals surface area (Å²) in [7, 11) is 0.189. The molecule has 0 aliphatic heterocycles. The van der Waals surface area contributed by atoms with Gasteiger partial charge < -0.3 is 26.2 Å². The molecule has 2 aliphatic carbocycles. The van der Waals surface area contributed by atoms with Gasteiger partial charge in [0.2, 0.25) is 0 Å². The quantitative estimate of drug-likeness (QED) is 0.463. The second-order valence-corrected chi connectivity index (χ2v) is 7.67. The van der Waals surface area contributed by atoms with Gasteiger partial charge in [-0.2, -0.15) is 0 Å². The zero-order valence-electron chi connectivity index (χ0n) is 15.0. The molecule has 1 saturated carbocycles. The van der Waals surface area contributed by atoms with Crippen LogP contribution in [0.15, 0.2) is 12.1 Å². The summed E-state index contributed by atoms with van der Waals surface area (Å²) in [6.45, 7) is 0. The molecule has 1 fully saturated rings. The first-order chi connectivity index (χ1) is 12.2. The summed E-state index contributed by atoms with van der Waals surface area (Å²) in [6, 6.07) is 3.09. The van der Waals surface area contributed by atoms with Gasteiger partial charge in [0, 0.05) is 11.1 Å². The van der Waals surface area contributed by atoms with Crippen LogP contribution < -0.4 is 11.1 Å². The largest absolute Gasteiger partial charge is 0.480 e. The number of rotatable bonds is 7. The van der Waals surface area contributed by atoms with Gasteiger partial charge in [-0.25, -0.2) is 9.18 Å². The molecule has 6 N–H and O–H groups in total. The maximum absolute atomic E-state index is 14.7. The highest BCUT2D eigenvalue weighted by Crippen LogP contribution is 2.48. The van der Waals surface area contributed by atoms with E-state index in [0.717, 1.165) is 6.42 Å². The molecule has 0 bridgehead atoms. The van der Waals surface area contributed by atoms with E-state index in [-0.39, 0.29) is 18.1 Å². The van der Waals surface area contributed by atoms with E-state index < -0.39 is 24.2 Å². The van der Waals surface area contributed by atoms with Crippen LogP contribution in [0.4, 0.5) is 4.39 Å². The Balaban J connectivity index is 2.00. The molecule has 0 saturated heterocycles. The standard InChI is InChI=1S/C18H26BFN2O4/c1-22-18(16(23)24)12(4-2-7-19(25)26)8-11-9-15(20)14(10-13(11)18)17(21)5-3-6-17/h9-10,12,22,25-26H,2-8,21H2,1H3,(H,23,24)/t12?,18-/m1/s1. The molecule has 6 nitrogen and oxygen atoms in total. The number of nitrogens with one attached hydrogen (secondary N) is 1. The van der Waals surface area contributed by atoms with Crippen molar-refractivity contribution in [3.8, 4) is 0 Å². The lowest BCUT2D eigenvalue weighted by molar-refractivity contribution is -0.147. The number of benzene rings is 1. The first-order valence-electron chi connectivity index (χ1n) is 9.15. The Hall–Kier alpha value is -1.48. The van der Waals surface area contributed by atoms with Crippen LogP contribution in [0.1, 0.15) is 48.8 Å². The summed E-state index contributed by atoms with van der Waals surface area (Å²) in [5.74, 6) is -1.68. The van der Waals surface area contributed by atoms with Crippen molar-refractivity contribution in [1.29, 1.82) is 0 Å². The molecule has 8 heteroatoms. The number of hydrogen-bond acceptors (Lipinski definition) is 5. The summed E-state index contributed by atoms with van der Waals surface area (Å²) in [4.78, 5) is 12.3. The number of halogens is 1. The second-order valence-electron chi connectivity index (χ2n) is 7.67. The normalized spacial score (nSPS) is 26.3. The molecular formula is C18H26BFN2O4. The minimum Gasteiger partial charge on any atom is -0.480 e. The highest BCUT2D eigenvalue weighted by molar-refractivity contribution is 6.40. The topological polar surface area (TPSA) is 116 Å². The summed E-state index contributed by atoms with van der Waals surface area (Å²) in [6.07, 6.45) is 3.90. The van der Waals surface area contributed by atoms with Gasteiger partial charge in [-0.3, -0.25) is 0 Å². The van der Waals surface area contributed by atoms with Gasteiger partial charge in [-0.1, -0.05) is 6.42 Å². The van der Waals surface area contributed by atoms with E-state index >= 15 is 0 Å². The minimum atomic E-state index is -1.41. The summed E-state index contributed by atoms with van der Waals surface area (Å²) in [5.41, 5.74) is 5.93. The average Bonchev–Trinajstić information content (AvgIpc) is 2.84. The third-order valence-corrected chi connectivity index (χ3v) is 6.23. The number of carboxylic acid groups (broad SMARTS) is 1. The molecule has 2 atom stereocenters. The molecule has 1 aromatic rings. The van der Waals surface area contributed by atoms with Crippen molar-refractivity contribution in [1.82, 2.24) is 5.32 Å². The fraction of sp³-hybridized carbons (Fsp3) is 0.611. The molecule has 0 radical (unpaired) electrons. The predicted octanol–water partition coefficient (Wildman–Crippen LogP) is 1.09. The Kier molecular flexibility index (Phi) is 5.14. The Morgan fingerprint density at radius 3 is 2.58 bits per heavy atom. The van der Waals surface area contributed by atoms with Crippen LogP contribution >= 0.6 is 0 Å². The summed E-state index contributed by atoms with van der Waals surface area (Å²) < 4.78 is 14.7. The van der Waals surface area contributed by atoms with Gasteiger partial charge in [-0.15, -0.1) is 0 Å². The van der Waals surface area contributed by atoms with Crippen LogP contribution in [-0.4, -0.2) is 35.3 Å². The van der Waals surface area contributed by atoms with E-state index in [2.05, 4.69) is 5.32 Å². The number of fused-ring (bicyclic) bond motifs is 1. The van der Waals surface area contributed by atoms with E-state index in [1.165, 1.54) is 6.07 Å². The van der Waals surface area contributed by atoms with Crippen LogP contribution in [0.3, 0.4) is 0 Å². The molecular weight excluding hydrogens is 338 g/mol. The van der Waals surface area contributed by atoms with Crippen molar-refractivity contribution >= 4 is 13.1 Å². The molecule has 1 aromatic carbocycles. The van der Waals surface area contributed by atoms with Crippen molar-refractivity contribution in [2.24, 2.45) is 11.7 Å². The van der Waals surface area contributed by atoms with Gasteiger partial charge in [0.15, 0.2) is 0 Å². The molecule has 0 heterocycles. The molecule has 3 rings (SSSR count). The summed E-state index contributed by atoms with van der Waals surface area (Å²) in [5, 5.41) is 31.1. The molecule has 0 amide bonds. The number of carbonyl (C=O) groups is 1. The lowest BCUT2D eigenvalue weighted by Gasteiger charge is -2.40. The third-order valence-electron chi connectivity index (χ3n) is 6.23. The van der Waals surface area contributed by atoms with Crippen molar-refractivity contribution in [2.45, 2.75) is 55.9 Å². The van der Waals surface area contributed by atoms with Crippen molar-refractivity contribution in [3.05, 3.63) is 34.6 Å². The van der Waals surface area contributed by atoms with Crippen LogP contribution in [0.25, 0.3) is 0 Å². The van der Waals surface area contributed by atoms with Gasteiger partial charge in [0.05, 0.1) is 0 Å². The maximum Gasteiger partial charge on any atom is 0.451 e. The fourth-order valence-corrected chi connectivity index (χ4v) is 4.60. The average molecular weight is 364 g/mol. The molecule has 26 heavy (non-hydrogen) atoms. The first kappa shape index (κ1) is 19.3. The smallest absolute Gasteiger partial charge is 0.451 e. The first-order valence-corrected chi connectivity index (χ1v) is 9.15. The Morgan fingerprint density at radius 1 is 1.38 bits per heavy atom. The van der Waals surface area contributed by atoms with Crippen LogP contribution in [-0.2, 0) is 22.3 Å². The molecule has 1 unspecified atom stereocenters. The Labute approximate surface area is 152 Å². The predicted molar refractivity (Wildman–Crippen MR) is 95.9 cm³/mol. The van der Waals surface area contributed by atoms with E-state index in [1.807, 2.05) is 0 Å². The van der Waals surface area contributed by atoms with Gasteiger partial charge in [0.1, 0.15) is 11.4 Å². The molecule has 0 aromatic heterocycles. The van der Waals surface area contributed by atoms with E-state index in [1.54, 1.807) is 13.1 Å². The van der Waals surface area contributed by atoms with Crippen molar-refractivity contribution in [3.63, 3.8) is 0 Å². The van der Waals surface area contributed by atoms with Crippen LogP contribution in [0.5, 0.6) is 0 Å².